The van der Waals surface area contributed by atoms with E-state index >= 15 is 0 Å². The van der Waals surface area contributed by atoms with E-state index in [1.54, 1.807) is 61.1 Å². The number of aromatic nitrogens is 16. The molecule has 6 rings (SSSR count). The second-order valence-corrected chi connectivity index (χ2v) is 18.3. The smallest absolute Gasteiger partial charge is 0.137 e. The molecule has 54 heavy (non-hydrogen) atoms. The third-order valence-electron chi connectivity index (χ3n) is 6.90. The van der Waals surface area contributed by atoms with E-state index in [0.29, 0.717) is 0 Å². The Morgan fingerprint density at radius 3 is 1.11 bits per heavy atom. The first-order chi connectivity index (χ1) is 24.6. The van der Waals surface area contributed by atoms with Gasteiger partial charge < -0.3 is 9.13 Å². The van der Waals surface area contributed by atoms with E-state index in [4.69, 9.17) is 0 Å². The molecule has 0 saturated carbocycles. The lowest BCUT2D eigenvalue weighted by molar-refractivity contribution is 0.312. The fraction of sp³-hybridized carbons (Fsp3) is 0.632. The number of hydrogen-bond acceptors (Lipinski definition) is 10. The zero-order chi connectivity index (χ0) is 41.4. The monoisotopic (exact) mass is 749 g/mol. The van der Waals surface area contributed by atoms with E-state index in [-0.39, 0.29) is 33.2 Å². The van der Waals surface area contributed by atoms with Crippen molar-refractivity contribution in [1.29, 1.82) is 0 Å². The average molecular weight is 749 g/mol. The molecule has 0 fully saturated rings. The Morgan fingerprint density at radius 2 is 0.889 bits per heavy atom. The topological polar surface area (TPSA) is 158 Å². The molecule has 0 aliphatic rings. The summed E-state index contributed by atoms with van der Waals surface area (Å²) in [5.74, 6) is 0. The van der Waals surface area contributed by atoms with E-state index < -0.39 is 0 Å². The van der Waals surface area contributed by atoms with Crippen LogP contribution in [0.5, 0.6) is 0 Å². The van der Waals surface area contributed by atoms with E-state index in [2.05, 4.69) is 180 Å². The predicted octanol–water partition coefficient (Wildman–Crippen LogP) is 7.41. The summed E-state index contributed by atoms with van der Waals surface area (Å²) in [5.41, 5.74) is 0.569. The van der Waals surface area contributed by atoms with Crippen molar-refractivity contribution in [2.24, 2.45) is 0 Å². The van der Waals surface area contributed by atoms with E-state index in [0.717, 1.165) is 0 Å². The molecular formula is C38H68N16. The van der Waals surface area contributed by atoms with Crippen LogP contribution >= 0.6 is 0 Å². The van der Waals surface area contributed by atoms with Crippen LogP contribution in [0.2, 0.25) is 0 Å². The molecule has 0 N–H and O–H groups in total. The van der Waals surface area contributed by atoms with Crippen LogP contribution in [0.3, 0.4) is 0 Å². The number of imidazole rings is 1. The van der Waals surface area contributed by atoms with Gasteiger partial charge in [-0.25, -0.2) is 19.3 Å². The van der Waals surface area contributed by atoms with Gasteiger partial charge in [-0.3, -0.25) is 4.68 Å². The minimum Gasteiger partial charge on any atom is -0.332 e. The zero-order valence-electron chi connectivity index (χ0n) is 36.2. The Labute approximate surface area is 323 Å². The van der Waals surface area contributed by atoms with Crippen LogP contribution in [-0.2, 0) is 33.2 Å². The molecule has 0 atom stereocenters. The van der Waals surface area contributed by atoms with Crippen molar-refractivity contribution in [3.05, 3.63) is 87.3 Å². The van der Waals surface area contributed by atoms with E-state index in [1.807, 2.05) is 49.6 Å². The number of hydrogen-bond donors (Lipinski definition) is 0. The van der Waals surface area contributed by atoms with Gasteiger partial charge >= 0.3 is 0 Å². The van der Waals surface area contributed by atoms with Crippen LogP contribution in [0.1, 0.15) is 125 Å². The van der Waals surface area contributed by atoms with Crippen LogP contribution in [0.15, 0.2) is 87.3 Å². The molecule has 16 nitrogen and oxygen atoms in total. The van der Waals surface area contributed by atoms with Crippen molar-refractivity contribution >= 4 is 0 Å². The lowest BCUT2D eigenvalue weighted by Gasteiger charge is -2.19. The summed E-state index contributed by atoms with van der Waals surface area (Å²) in [7, 11) is 0. The third kappa shape index (κ3) is 18.6. The highest BCUT2D eigenvalue weighted by Gasteiger charge is 2.14. The van der Waals surface area contributed by atoms with Crippen molar-refractivity contribution in [3.8, 4) is 0 Å². The van der Waals surface area contributed by atoms with Crippen LogP contribution in [0.25, 0.3) is 0 Å². The fourth-order valence-corrected chi connectivity index (χ4v) is 3.55. The molecule has 0 radical (unpaired) electrons. The first kappa shape index (κ1) is 47.0. The minimum absolute atomic E-state index is 0.0174. The van der Waals surface area contributed by atoms with Gasteiger partial charge in [-0.05, 0) is 131 Å². The molecule has 6 heterocycles. The molecule has 0 bridgehead atoms. The Balaban J connectivity index is 0.000000324. The summed E-state index contributed by atoms with van der Waals surface area (Å²) in [4.78, 5) is 9.48. The van der Waals surface area contributed by atoms with Crippen LogP contribution in [-0.4, -0.2) is 78.8 Å². The maximum atomic E-state index is 4.10. The summed E-state index contributed by atoms with van der Waals surface area (Å²) in [6, 6.07) is 1.94. The van der Waals surface area contributed by atoms with E-state index in [1.165, 1.54) is 0 Å². The van der Waals surface area contributed by atoms with Gasteiger partial charge in [0.15, 0.2) is 0 Å². The fourth-order valence-electron chi connectivity index (χ4n) is 3.55. The molecular weight excluding hydrogens is 681 g/mol. The van der Waals surface area contributed by atoms with Crippen LogP contribution < -0.4 is 0 Å². The lowest BCUT2D eigenvalue weighted by atomic mass is 10.1. The van der Waals surface area contributed by atoms with Crippen molar-refractivity contribution in [2.45, 2.75) is 158 Å². The predicted molar refractivity (Wildman–Crippen MR) is 215 cm³/mol. The van der Waals surface area contributed by atoms with Gasteiger partial charge in [0.1, 0.15) is 25.3 Å². The highest BCUT2D eigenvalue weighted by atomic mass is 15.5. The van der Waals surface area contributed by atoms with Crippen molar-refractivity contribution in [3.63, 3.8) is 0 Å². The summed E-state index contributed by atoms with van der Waals surface area (Å²) >= 11 is 0. The largest absolute Gasteiger partial charge is 0.332 e. The van der Waals surface area contributed by atoms with Gasteiger partial charge in [0, 0.05) is 42.1 Å². The molecule has 0 amide bonds. The molecule has 0 saturated heterocycles. The molecule has 6 aromatic rings. The molecule has 16 heteroatoms. The maximum Gasteiger partial charge on any atom is 0.137 e. The van der Waals surface area contributed by atoms with Crippen LogP contribution in [0, 0.1) is 0 Å². The van der Waals surface area contributed by atoms with Gasteiger partial charge in [-0.2, -0.15) is 25.2 Å². The molecule has 300 valence electrons. The van der Waals surface area contributed by atoms with Crippen molar-refractivity contribution < 1.29 is 0 Å². The SMILES string of the molecule is CC(C)(C)n1cccn1.CC(C)(C)n1ccnc1.CC(C)(C)n1ccnn1.CC(C)(C)n1cncn1.CC(C)(C)n1cnnc1.CC(C)(C)n1nccn1. The second-order valence-electron chi connectivity index (χ2n) is 18.3. The summed E-state index contributed by atoms with van der Waals surface area (Å²) in [5, 5.41) is 31.0. The molecule has 0 unspecified atom stereocenters. The molecule has 0 aliphatic carbocycles. The summed E-state index contributed by atoms with van der Waals surface area (Å²) in [6.07, 6.45) is 23.0. The van der Waals surface area contributed by atoms with Crippen molar-refractivity contribution in [2.75, 3.05) is 0 Å². The Kier molecular flexibility index (Phi) is 17.3. The first-order valence-electron chi connectivity index (χ1n) is 18.1. The highest BCUT2D eigenvalue weighted by molar-refractivity contribution is 4.84. The molecule has 0 aromatic carbocycles. The van der Waals surface area contributed by atoms with Gasteiger partial charge in [0.05, 0.1) is 47.1 Å². The van der Waals surface area contributed by atoms with Gasteiger partial charge in [-0.1, -0.05) is 5.21 Å². The van der Waals surface area contributed by atoms with Gasteiger partial charge in [-0.15, -0.1) is 15.3 Å². The van der Waals surface area contributed by atoms with E-state index in [9.17, 15) is 0 Å². The molecule has 0 spiro atoms. The average Bonchev–Trinajstić information content (AvgIpc) is 3.89. The second kappa shape index (κ2) is 19.9. The normalized spacial score (nSPS) is 11.9. The van der Waals surface area contributed by atoms with Crippen molar-refractivity contribution in [1.82, 2.24) is 78.8 Å². The molecule has 6 aromatic heterocycles. The van der Waals surface area contributed by atoms with Gasteiger partial charge in [0.25, 0.3) is 0 Å². The quantitative estimate of drug-likeness (QED) is 0.153. The molecule has 0 aliphatic heterocycles. The minimum atomic E-state index is 0.0174. The summed E-state index contributed by atoms with van der Waals surface area (Å²) in [6.45, 7) is 37.8. The highest BCUT2D eigenvalue weighted by Crippen LogP contribution is 2.13. The standard InChI is InChI=1S/2C7H12N2.4C6H11N3/c1-7(2,3)9-5-4-8-6-9;1-7(2,3)9-6-4-5-8-9;1-6(2,3)9-4-7-8-5-9;1-6(2,3)9-5-7-4-8-9;1-6(2,3)9-5-4-7-8-9;1-6(2,3)9-7-4-5-8-9/h2*4-6H,1-3H3;4*4-5H,1-3H3. The van der Waals surface area contributed by atoms with Gasteiger partial charge in [0.2, 0.25) is 0 Å². The zero-order valence-corrected chi connectivity index (χ0v) is 36.2. The summed E-state index contributed by atoms with van der Waals surface area (Å²) < 4.78 is 9.63. The Bertz CT molecular complexity index is 1370. The number of nitrogens with zero attached hydrogens (tertiary/aromatic N) is 16. The number of rotatable bonds is 0. The Hall–Kier alpha value is -5.02. The first-order valence-corrected chi connectivity index (χ1v) is 18.1. The lowest BCUT2D eigenvalue weighted by Crippen LogP contribution is -2.24. The third-order valence-corrected chi connectivity index (χ3v) is 6.90. The maximum absolute atomic E-state index is 4.10. The van der Waals surface area contributed by atoms with Crippen LogP contribution in [0.4, 0.5) is 0 Å². The Morgan fingerprint density at radius 1 is 0.352 bits per heavy atom.